The van der Waals surface area contributed by atoms with E-state index in [1.165, 1.54) is 18.2 Å². The summed E-state index contributed by atoms with van der Waals surface area (Å²) in [5.41, 5.74) is 1.59. The number of nitrogens with zero attached hydrogens (tertiary/aromatic N) is 5. The van der Waals surface area contributed by atoms with Crippen molar-refractivity contribution in [1.82, 2.24) is 0 Å². The Labute approximate surface area is 133 Å². The van der Waals surface area contributed by atoms with Crippen LogP contribution in [0.3, 0.4) is 0 Å². The minimum atomic E-state index is -4.37. The molecule has 0 aliphatic rings. The highest BCUT2D eigenvalue weighted by Gasteiger charge is 2.14. The van der Waals surface area contributed by atoms with E-state index in [0.717, 1.165) is 5.69 Å². The monoisotopic (exact) mass is 333 g/mol. The Bertz CT molecular complexity index is 830. The Kier molecular flexibility index (Phi) is 5.14. The lowest BCUT2D eigenvalue weighted by Gasteiger charge is -2.11. The van der Waals surface area contributed by atoms with Gasteiger partial charge in [-0.05, 0) is 46.8 Å². The molecular weight excluding hydrogens is 318 g/mol. The Hall–Kier alpha value is -2.65. The summed E-state index contributed by atoms with van der Waals surface area (Å²) in [6, 6.07) is 12.9. The van der Waals surface area contributed by atoms with Gasteiger partial charge < -0.3 is 4.90 Å². The van der Waals surface area contributed by atoms with E-state index in [4.69, 9.17) is 4.55 Å². The van der Waals surface area contributed by atoms with Crippen LogP contribution in [0.4, 0.5) is 17.1 Å². The average Bonchev–Trinajstić information content (AvgIpc) is 2.51. The lowest BCUT2D eigenvalue weighted by molar-refractivity contribution is 0.483. The van der Waals surface area contributed by atoms with Gasteiger partial charge in [0.25, 0.3) is 10.1 Å². The highest BCUT2D eigenvalue weighted by Crippen LogP contribution is 2.24. The molecule has 0 aromatic heterocycles. The van der Waals surface area contributed by atoms with Gasteiger partial charge in [-0.25, -0.2) is 0 Å². The van der Waals surface area contributed by atoms with E-state index in [-0.39, 0.29) is 10.6 Å². The Balaban J connectivity index is 2.13. The lowest BCUT2D eigenvalue weighted by Crippen LogP contribution is -2.07. The third-order valence-corrected chi connectivity index (χ3v) is 3.76. The van der Waals surface area contributed by atoms with Crippen LogP contribution in [0.2, 0.25) is 0 Å². The maximum absolute atomic E-state index is 11.2. The molecule has 23 heavy (non-hydrogen) atoms. The van der Waals surface area contributed by atoms with E-state index in [0.29, 0.717) is 5.69 Å². The van der Waals surface area contributed by atoms with E-state index >= 15 is 0 Å². The fourth-order valence-corrected chi connectivity index (χ4v) is 2.34. The van der Waals surface area contributed by atoms with Crippen molar-refractivity contribution >= 4 is 27.2 Å². The Morgan fingerprint density at radius 3 is 2.13 bits per heavy atom. The van der Waals surface area contributed by atoms with E-state index in [9.17, 15) is 8.42 Å². The van der Waals surface area contributed by atoms with Crippen molar-refractivity contribution < 1.29 is 13.0 Å². The molecule has 0 aliphatic heterocycles. The fourth-order valence-electron chi connectivity index (χ4n) is 1.72. The molecule has 120 valence electrons. The first kappa shape index (κ1) is 16.7. The molecule has 1 N–H and O–H groups in total. The predicted molar refractivity (Wildman–Crippen MR) is 86.1 cm³/mol. The second-order valence-electron chi connectivity index (χ2n) is 4.73. The van der Waals surface area contributed by atoms with Crippen LogP contribution in [0.15, 0.2) is 74.1 Å². The predicted octanol–water partition coefficient (Wildman–Crippen LogP) is 3.78. The molecule has 2 aromatic carbocycles. The quantitative estimate of drug-likeness (QED) is 0.510. The van der Waals surface area contributed by atoms with Crippen LogP contribution < -0.4 is 4.90 Å². The minimum Gasteiger partial charge on any atom is -0.378 e. The van der Waals surface area contributed by atoms with Crippen LogP contribution in [0.1, 0.15) is 0 Å². The summed E-state index contributed by atoms with van der Waals surface area (Å²) in [7, 11) is -0.510. The van der Waals surface area contributed by atoms with Crippen LogP contribution in [0, 0.1) is 0 Å². The van der Waals surface area contributed by atoms with Gasteiger partial charge in [0.05, 0.1) is 5.69 Å². The van der Waals surface area contributed by atoms with Gasteiger partial charge >= 0.3 is 0 Å². The van der Waals surface area contributed by atoms with Gasteiger partial charge in [0.15, 0.2) is 0 Å². The van der Waals surface area contributed by atoms with Crippen molar-refractivity contribution in [3.05, 3.63) is 48.5 Å². The molecule has 0 spiro atoms. The van der Waals surface area contributed by atoms with Crippen molar-refractivity contribution in [3.8, 4) is 0 Å². The Morgan fingerprint density at radius 1 is 0.913 bits per heavy atom. The van der Waals surface area contributed by atoms with Gasteiger partial charge in [0.2, 0.25) is 0 Å². The molecule has 0 heterocycles. The summed E-state index contributed by atoms with van der Waals surface area (Å²) < 4.78 is 31.5. The van der Waals surface area contributed by atoms with Crippen molar-refractivity contribution in [1.29, 1.82) is 0 Å². The van der Waals surface area contributed by atoms with Crippen LogP contribution in [0.25, 0.3) is 0 Å². The zero-order valence-corrected chi connectivity index (χ0v) is 13.3. The van der Waals surface area contributed by atoms with Crippen LogP contribution in [-0.2, 0) is 10.1 Å². The topological polar surface area (TPSA) is 107 Å². The van der Waals surface area contributed by atoms with Gasteiger partial charge in [-0.15, -0.1) is 10.2 Å². The maximum Gasteiger partial charge on any atom is 0.296 e. The zero-order chi connectivity index (χ0) is 16.9. The van der Waals surface area contributed by atoms with E-state index in [2.05, 4.69) is 20.7 Å². The second-order valence-corrected chi connectivity index (χ2v) is 6.12. The number of rotatable bonds is 5. The fraction of sp³-hybridized carbons (Fsp3) is 0.143. The first-order valence-electron chi connectivity index (χ1n) is 6.53. The molecule has 0 unspecified atom stereocenters. The minimum absolute atomic E-state index is 0.0168. The SMILES string of the molecule is CN(C)c1ccc(N=NN=Nc2ccccc2S(=O)(=O)O)cc1. The Morgan fingerprint density at radius 2 is 1.52 bits per heavy atom. The number of hydrogen-bond acceptors (Lipinski definition) is 5. The number of hydrogen-bond donors (Lipinski definition) is 1. The summed E-state index contributed by atoms with van der Waals surface area (Å²) in [6.45, 7) is 0. The van der Waals surface area contributed by atoms with E-state index in [1.54, 1.807) is 18.2 Å². The summed E-state index contributed by atoms with van der Waals surface area (Å²) in [4.78, 5) is 1.61. The molecule has 0 radical (unpaired) electrons. The van der Waals surface area contributed by atoms with Gasteiger partial charge in [-0.3, -0.25) is 4.55 Å². The summed E-state index contributed by atoms with van der Waals surface area (Å²) in [5.74, 6) is 0. The molecule has 0 amide bonds. The van der Waals surface area contributed by atoms with E-state index in [1.807, 2.05) is 31.1 Å². The van der Waals surface area contributed by atoms with Gasteiger partial charge in [-0.2, -0.15) is 8.42 Å². The van der Waals surface area contributed by atoms with Gasteiger partial charge in [0.1, 0.15) is 10.6 Å². The summed E-state index contributed by atoms with van der Waals surface area (Å²) >= 11 is 0. The molecule has 8 nitrogen and oxygen atoms in total. The van der Waals surface area contributed by atoms with Crippen LogP contribution in [0.5, 0.6) is 0 Å². The van der Waals surface area contributed by atoms with Crippen LogP contribution in [-0.4, -0.2) is 27.1 Å². The van der Waals surface area contributed by atoms with Crippen molar-refractivity contribution in [2.24, 2.45) is 20.7 Å². The molecule has 0 saturated heterocycles. The average molecular weight is 333 g/mol. The van der Waals surface area contributed by atoms with Gasteiger partial charge in [-0.1, -0.05) is 12.1 Å². The molecule has 0 aliphatic carbocycles. The standard InChI is InChI=1S/C14H15N5O3S/c1-19(2)12-9-7-11(8-10-12)15-17-18-16-13-5-3-4-6-14(13)23(20,21)22/h3-10H,1-2H3,(H,20,21,22). The first-order chi connectivity index (χ1) is 10.9. The number of benzene rings is 2. The van der Waals surface area contributed by atoms with E-state index < -0.39 is 10.1 Å². The third kappa shape index (κ3) is 4.66. The molecule has 2 rings (SSSR count). The molecular formula is C14H15N5O3S. The smallest absolute Gasteiger partial charge is 0.296 e. The lowest BCUT2D eigenvalue weighted by atomic mass is 10.3. The highest BCUT2D eigenvalue weighted by atomic mass is 32.2. The molecule has 0 atom stereocenters. The van der Waals surface area contributed by atoms with Gasteiger partial charge in [0, 0.05) is 19.8 Å². The zero-order valence-electron chi connectivity index (χ0n) is 12.5. The molecule has 0 fully saturated rings. The summed E-state index contributed by atoms with van der Waals surface area (Å²) in [5, 5.41) is 14.5. The number of anilines is 1. The second kappa shape index (κ2) is 7.07. The summed E-state index contributed by atoms with van der Waals surface area (Å²) in [6.07, 6.45) is 0. The largest absolute Gasteiger partial charge is 0.378 e. The van der Waals surface area contributed by atoms with Crippen molar-refractivity contribution in [2.45, 2.75) is 4.90 Å². The van der Waals surface area contributed by atoms with Crippen LogP contribution >= 0.6 is 0 Å². The normalized spacial score (nSPS) is 12.1. The van der Waals surface area contributed by atoms with Crippen molar-refractivity contribution in [3.63, 3.8) is 0 Å². The van der Waals surface area contributed by atoms with Crippen molar-refractivity contribution in [2.75, 3.05) is 19.0 Å². The molecule has 9 heteroatoms. The highest BCUT2D eigenvalue weighted by molar-refractivity contribution is 7.86. The molecule has 0 saturated carbocycles. The molecule has 0 bridgehead atoms. The third-order valence-electron chi connectivity index (χ3n) is 2.86. The molecule has 2 aromatic rings. The first-order valence-corrected chi connectivity index (χ1v) is 7.97. The maximum atomic E-state index is 11.2.